The van der Waals surface area contributed by atoms with Crippen molar-refractivity contribution in [2.24, 2.45) is 0 Å². The van der Waals surface area contributed by atoms with E-state index in [1.807, 2.05) is 18.2 Å². The molecule has 0 radical (unpaired) electrons. The first-order chi connectivity index (χ1) is 17.0. The van der Waals surface area contributed by atoms with E-state index in [0.29, 0.717) is 54.2 Å². The molecule has 4 rings (SSSR count). The van der Waals surface area contributed by atoms with Gasteiger partial charge in [0.15, 0.2) is 16.9 Å². The molecule has 3 aromatic rings. The van der Waals surface area contributed by atoms with Crippen molar-refractivity contribution in [1.29, 1.82) is 0 Å². The van der Waals surface area contributed by atoms with Crippen LogP contribution < -0.4 is 14.9 Å². The number of hydrogen-bond donors (Lipinski definition) is 0. The molecular formula is C27H30BrNO6. The summed E-state index contributed by atoms with van der Waals surface area (Å²) in [6.45, 7) is 3.66. The van der Waals surface area contributed by atoms with Crippen molar-refractivity contribution in [1.82, 2.24) is 4.90 Å². The van der Waals surface area contributed by atoms with Gasteiger partial charge in [-0.3, -0.25) is 9.59 Å². The Balaban J connectivity index is 1.79. The zero-order valence-electron chi connectivity index (χ0n) is 20.3. The second kappa shape index (κ2) is 11.3. The second-order valence-corrected chi connectivity index (χ2v) is 9.44. The van der Waals surface area contributed by atoms with E-state index in [4.69, 9.17) is 18.6 Å². The lowest BCUT2D eigenvalue weighted by Crippen LogP contribution is -2.31. The summed E-state index contributed by atoms with van der Waals surface area (Å²) < 4.78 is 23.5. The molecule has 2 aromatic carbocycles. The highest BCUT2D eigenvalue weighted by atomic mass is 79.9. The van der Waals surface area contributed by atoms with Gasteiger partial charge in [-0.15, -0.1) is 0 Å². The number of benzene rings is 2. The number of halogens is 1. The zero-order chi connectivity index (χ0) is 24.9. The van der Waals surface area contributed by atoms with E-state index in [1.165, 1.54) is 0 Å². The lowest BCUT2D eigenvalue weighted by atomic mass is 9.98. The van der Waals surface area contributed by atoms with Gasteiger partial charge in [0.1, 0.15) is 5.58 Å². The second-order valence-electron chi connectivity index (χ2n) is 8.53. The van der Waals surface area contributed by atoms with Gasteiger partial charge in [0.05, 0.1) is 30.7 Å². The van der Waals surface area contributed by atoms with Gasteiger partial charge in [-0.1, -0.05) is 41.8 Å². The number of unbranched alkanes of at least 4 members (excludes halogenated alkanes) is 2. The minimum Gasteiger partial charge on any atom is -0.493 e. The maximum Gasteiger partial charge on any atom is 0.290 e. The number of hydrogen-bond acceptors (Lipinski definition) is 6. The first-order valence-electron chi connectivity index (χ1n) is 11.9. The third-order valence-electron chi connectivity index (χ3n) is 6.18. The zero-order valence-corrected chi connectivity index (χ0v) is 21.9. The summed E-state index contributed by atoms with van der Waals surface area (Å²) in [5.41, 5.74) is 1.27. The van der Waals surface area contributed by atoms with Crippen molar-refractivity contribution < 1.29 is 23.4 Å². The fourth-order valence-electron chi connectivity index (χ4n) is 4.46. The van der Waals surface area contributed by atoms with Crippen LogP contribution in [0.15, 0.2) is 50.1 Å². The van der Waals surface area contributed by atoms with Crippen LogP contribution in [-0.4, -0.2) is 44.8 Å². The lowest BCUT2D eigenvalue weighted by molar-refractivity contribution is 0.0707. The van der Waals surface area contributed by atoms with E-state index in [2.05, 4.69) is 22.9 Å². The van der Waals surface area contributed by atoms with E-state index in [0.717, 1.165) is 29.3 Å². The molecule has 1 aliphatic heterocycles. The van der Waals surface area contributed by atoms with Gasteiger partial charge in [0.25, 0.3) is 5.91 Å². The summed E-state index contributed by atoms with van der Waals surface area (Å²) in [5.74, 6) is 0.981. The van der Waals surface area contributed by atoms with Crippen LogP contribution in [0.5, 0.6) is 11.5 Å². The van der Waals surface area contributed by atoms with Gasteiger partial charge < -0.3 is 23.5 Å². The Hall–Kier alpha value is -2.84. The van der Waals surface area contributed by atoms with Gasteiger partial charge in [-0.2, -0.15) is 0 Å². The molecule has 1 atom stereocenters. The van der Waals surface area contributed by atoms with E-state index in [9.17, 15) is 9.59 Å². The molecule has 0 N–H and O–H groups in total. The third kappa shape index (κ3) is 5.09. The fourth-order valence-corrected chi connectivity index (χ4v) is 4.82. The molecule has 0 aliphatic carbocycles. The molecule has 0 spiro atoms. The topological polar surface area (TPSA) is 78.2 Å². The number of carbonyl (C=O) groups excluding carboxylic acids is 1. The molecule has 1 unspecified atom stereocenters. The smallest absolute Gasteiger partial charge is 0.290 e. The molecule has 1 aromatic heterocycles. The molecule has 1 aliphatic rings. The summed E-state index contributed by atoms with van der Waals surface area (Å²) in [6.07, 6.45) is 3.80. The van der Waals surface area contributed by atoms with Crippen LogP contribution >= 0.6 is 15.9 Å². The summed E-state index contributed by atoms with van der Waals surface area (Å²) >= 11 is 3.43. The Kier molecular flexibility index (Phi) is 8.13. The maximum absolute atomic E-state index is 13.7. The van der Waals surface area contributed by atoms with Gasteiger partial charge in [0, 0.05) is 24.7 Å². The SMILES string of the molecule is CCCCCOc1ccc(C2c3c(oc4ccc(Br)cc4c3=O)C(=O)N2CCCOC)cc1OC. The monoisotopic (exact) mass is 543 g/mol. The number of fused-ring (bicyclic) bond motifs is 2. The molecule has 1 amide bonds. The Morgan fingerprint density at radius 1 is 1.00 bits per heavy atom. The molecule has 8 heteroatoms. The predicted molar refractivity (Wildman–Crippen MR) is 138 cm³/mol. The summed E-state index contributed by atoms with van der Waals surface area (Å²) in [4.78, 5) is 28.8. The van der Waals surface area contributed by atoms with Crippen molar-refractivity contribution in [3.63, 3.8) is 0 Å². The van der Waals surface area contributed by atoms with Gasteiger partial charge in [-0.25, -0.2) is 0 Å². The molecule has 186 valence electrons. The largest absolute Gasteiger partial charge is 0.493 e. The molecule has 0 fully saturated rings. The van der Waals surface area contributed by atoms with Crippen molar-refractivity contribution in [3.05, 3.63) is 68.0 Å². The Morgan fingerprint density at radius 3 is 2.57 bits per heavy atom. The number of ether oxygens (including phenoxy) is 3. The Morgan fingerprint density at radius 2 is 1.83 bits per heavy atom. The van der Waals surface area contributed by atoms with Crippen LogP contribution in [0.4, 0.5) is 0 Å². The standard InChI is InChI=1S/C27H30BrNO6/c1-4-5-6-14-34-21-10-8-17(15-22(21)33-3)24-23-25(30)19-16-18(28)9-11-20(19)35-26(23)27(31)29(24)12-7-13-32-2/h8-11,15-16,24H,4-7,12-14H2,1-3H3. The number of amides is 1. The lowest BCUT2D eigenvalue weighted by Gasteiger charge is -2.25. The molecule has 35 heavy (non-hydrogen) atoms. The highest BCUT2D eigenvalue weighted by Crippen LogP contribution is 2.41. The van der Waals surface area contributed by atoms with Crippen molar-refractivity contribution in [2.45, 2.75) is 38.6 Å². The molecule has 0 saturated carbocycles. The predicted octanol–water partition coefficient (Wildman–Crippen LogP) is 5.71. The van der Waals surface area contributed by atoms with Crippen LogP contribution in [0.25, 0.3) is 11.0 Å². The van der Waals surface area contributed by atoms with Crippen molar-refractivity contribution in [3.8, 4) is 11.5 Å². The Labute approximate surface area is 213 Å². The summed E-state index contributed by atoms with van der Waals surface area (Å²) in [5, 5.41) is 0.428. The highest BCUT2D eigenvalue weighted by Gasteiger charge is 2.42. The van der Waals surface area contributed by atoms with E-state index in [1.54, 1.807) is 37.3 Å². The minimum atomic E-state index is -0.600. The normalized spacial score (nSPS) is 15.0. The fraction of sp³-hybridized carbons (Fsp3) is 0.407. The van der Waals surface area contributed by atoms with Gasteiger partial charge in [0.2, 0.25) is 5.76 Å². The summed E-state index contributed by atoms with van der Waals surface area (Å²) in [6, 6.07) is 10.2. The quantitative estimate of drug-likeness (QED) is 0.288. The van der Waals surface area contributed by atoms with Crippen molar-refractivity contribution in [2.75, 3.05) is 34.0 Å². The van der Waals surface area contributed by atoms with Crippen LogP contribution in [0, 0.1) is 0 Å². The van der Waals surface area contributed by atoms with Gasteiger partial charge in [-0.05, 0) is 48.7 Å². The van der Waals surface area contributed by atoms with Crippen LogP contribution in [0.2, 0.25) is 0 Å². The molecular weight excluding hydrogens is 514 g/mol. The van der Waals surface area contributed by atoms with Crippen LogP contribution in [0.3, 0.4) is 0 Å². The number of carbonyl (C=O) groups is 1. The van der Waals surface area contributed by atoms with E-state index in [-0.39, 0.29) is 17.1 Å². The average Bonchev–Trinajstić information content (AvgIpc) is 3.14. The van der Waals surface area contributed by atoms with Crippen LogP contribution in [-0.2, 0) is 4.74 Å². The Bertz CT molecular complexity index is 1270. The first-order valence-corrected chi connectivity index (χ1v) is 12.7. The maximum atomic E-state index is 13.7. The average molecular weight is 544 g/mol. The van der Waals surface area contributed by atoms with E-state index < -0.39 is 6.04 Å². The van der Waals surface area contributed by atoms with E-state index >= 15 is 0 Å². The first kappa shape index (κ1) is 25.3. The summed E-state index contributed by atoms with van der Waals surface area (Å²) in [7, 11) is 3.21. The molecule has 0 bridgehead atoms. The molecule has 7 nitrogen and oxygen atoms in total. The highest BCUT2D eigenvalue weighted by molar-refractivity contribution is 9.10. The minimum absolute atomic E-state index is 0.0890. The number of nitrogens with zero attached hydrogens (tertiary/aromatic N) is 1. The molecule has 0 saturated heterocycles. The van der Waals surface area contributed by atoms with Crippen molar-refractivity contribution >= 4 is 32.8 Å². The third-order valence-corrected chi connectivity index (χ3v) is 6.68. The number of rotatable bonds is 11. The molecule has 2 heterocycles. The van der Waals surface area contributed by atoms with Crippen LogP contribution in [0.1, 0.15) is 60.3 Å². The van der Waals surface area contributed by atoms with Gasteiger partial charge >= 0.3 is 0 Å². The number of methoxy groups -OCH3 is 2.